The highest BCUT2D eigenvalue weighted by atomic mass is 14.6. The quantitative estimate of drug-likeness (QED) is 0.621. The monoisotopic (exact) mass is 194 g/mol. The summed E-state index contributed by atoms with van der Waals surface area (Å²) in [6.07, 6.45) is 7.55. The summed E-state index contributed by atoms with van der Waals surface area (Å²) in [5.74, 6) is 4.11. The average Bonchev–Trinajstić information content (AvgIpc) is 2.14. The minimum Gasteiger partial charge on any atom is -0.0628 e. The van der Waals surface area contributed by atoms with Gasteiger partial charge in [-0.15, -0.1) is 0 Å². The van der Waals surface area contributed by atoms with Gasteiger partial charge in [0.05, 0.1) is 0 Å². The number of fused-ring (bicyclic) bond motifs is 2. The zero-order valence-corrected chi connectivity index (χ0v) is 10.3. The molecule has 3 aliphatic rings. The molecule has 3 saturated carbocycles. The van der Waals surface area contributed by atoms with Crippen molar-refractivity contribution in [2.75, 3.05) is 0 Å². The van der Waals surface area contributed by atoms with Crippen LogP contribution < -0.4 is 0 Å². The summed E-state index contributed by atoms with van der Waals surface area (Å²) in [6.45, 7) is 9.73. The van der Waals surface area contributed by atoms with Crippen molar-refractivity contribution >= 4 is 0 Å². The van der Waals surface area contributed by atoms with Crippen molar-refractivity contribution < 1.29 is 0 Å². The van der Waals surface area contributed by atoms with Gasteiger partial charge in [0.1, 0.15) is 0 Å². The molecular weight excluding hydrogens is 168 g/mol. The molecule has 0 nitrogen and oxygen atoms in total. The molecule has 1 unspecified atom stereocenters. The van der Waals surface area contributed by atoms with Gasteiger partial charge in [0.15, 0.2) is 0 Å². The third-order valence-electron chi connectivity index (χ3n) is 5.12. The van der Waals surface area contributed by atoms with Gasteiger partial charge in [-0.3, -0.25) is 0 Å². The lowest BCUT2D eigenvalue weighted by molar-refractivity contribution is -0.107. The van der Waals surface area contributed by atoms with Gasteiger partial charge in [-0.05, 0) is 54.8 Å². The third kappa shape index (κ3) is 1.61. The Morgan fingerprint density at radius 3 is 2.43 bits per heavy atom. The molecule has 0 spiro atoms. The summed E-state index contributed by atoms with van der Waals surface area (Å²) in [5.41, 5.74) is 0.694. The lowest BCUT2D eigenvalue weighted by Gasteiger charge is -2.60. The molecule has 3 aliphatic carbocycles. The number of hydrogen-bond acceptors (Lipinski definition) is 0. The van der Waals surface area contributed by atoms with Crippen molar-refractivity contribution in [3.05, 3.63) is 0 Å². The summed E-state index contributed by atoms with van der Waals surface area (Å²) in [6, 6.07) is 0. The van der Waals surface area contributed by atoms with Crippen LogP contribution in [0.25, 0.3) is 0 Å². The molecule has 2 bridgehead atoms. The zero-order chi connectivity index (χ0) is 10.3. The highest BCUT2D eigenvalue weighted by Crippen LogP contribution is 2.62. The topological polar surface area (TPSA) is 0 Å². The Kier molecular flexibility index (Phi) is 2.66. The van der Waals surface area contributed by atoms with Gasteiger partial charge in [0, 0.05) is 0 Å². The van der Waals surface area contributed by atoms with Crippen LogP contribution in [0.3, 0.4) is 0 Å². The first-order valence-corrected chi connectivity index (χ1v) is 6.51. The fraction of sp³-hybridized carbons (Fsp3) is 1.00. The maximum atomic E-state index is 2.51. The predicted octanol–water partition coefficient (Wildman–Crippen LogP) is 4.49. The fourth-order valence-electron chi connectivity index (χ4n) is 3.86. The van der Waals surface area contributed by atoms with Crippen molar-refractivity contribution in [1.29, 1.82) is 0 Å². The van der Waals surface area contributed by atoms with Crippen LogP contribution >= 0.6 is 0 Å². The van der Waals surface area contributed by atoms with E-state index in [2.05, 4.69) is 27.7 Å². The minimum absolute atomic E-state index is 0.694. The van der Waals surface area contributed by atoms with Crippen molar-refractivity contribution in [2.45, 2.75) is 59.8 Å². The second kappa shape index (κ2) is 3.54. The maximum Gasteiger partial charge on any atom is -0.0295 e. The van der Waals surface area contributed by atoms with Crippen LogP contribution in [0.5, 0.6) is 0 Å². The molecule has 14 heavy (non-hydrogen) atoms. The van der Waals surface area contributed by atoms with Gasteiger partial charge in [-0.2, -0.15) is 0 Å². The van der Waals surface area contributed by atoms with E-state index in [9.17, 15) is 0 Å². The summed E-state index contributed by atoms with van der Waals surface area (Å²) < 4.78 is 0. The maximum absolute atomic E-state index is 2.51. The lowest BCUT2D eigenvalue weighted by atomic mass is 9.45. The van der Waals surface area contributed by atoms with Crippen LogP contribution in [-0.4, -0.2) is 0 Å². The molecule has 0 heteroatoms. The van der Waals surface area contributed by atoms with Gasteiger partial charge in [-0.25, -0.2) is 0 Å². The smallest absolute Gasteiger partial charge is 0.0295 e. The fourth-order valence-corrected chi connectivity index (χ4v) is 3.86. The lowest BCUT2D eigenvalue weighted by Crippen LogP contribution is -2.52. The standard InChI is InChI=1S/C14H26/c1-10(2)5-6-11-7-8-12-9-13(11)14(12,3)4/h10-13H,5-9H2,1-4H3/t11?,12-,13-/m0/s1. The van der Waals surface area contributed by atoms with Crippen LogP contribution in [0.15, 0.2) is 0 Å². The first-order chi connectivity index (χ1) is 6.51. The summed E-state index contributed by atoms with van der Waals surface area (Å²) in [4.78, 5) is 0. The molecule has 3 atom stereocenters. The molecule has 0 aromatic heterocycles. The van der Waals surface area contributed by atoms with E-state index in [1.807, 2.05) is 0 Å². The van der Waals surface area contributed by atoms with Crippen LogP contribution in [0, 0.1) is 29.1 Å². The van der Waals surface area contributed by atoms with E-state index in [4.69, 9.17) is 0 Å². The first kappa shape index (κ1) is 10.5. The van der Waals surface area contributed by atoms with Gasteiger partial charge in [-0.1, -0.05) is 34.1 Å². The van der Waals surface area contributed by atoms with Crippen molar-refractivity contribution in [1.82, 2.24) is 0 Å². The second-order valence-corrected chi connectivity index (χ2v) is 6.67. The largest absolute Gasteiger partial charge is 0.0628 e. The van der Waals surface area contributed by atoms with E-state index in [-0.39, 0.29) is 0 Å². The normalized spacial score (nSPS) is 39.6. The highest BCUT2D eigenvalue weighted by Gasteiger charge is 2.53. The van der Waals surface area contributed by atoms with E-state index in [1.54, 1.807) is 6.42 Å². The molecule has 0 aliphatic heterocycles. The number of hydrogen-bond donors (Lipinski definition) is 0. The predicted molar refractivity (Wildman–Crippen MR) is 62.2 cm³/mol. The highest BCUT2D eigenvalue weighted by molar-refractivity contribution is 5.03. The van der Waals surface area contributed by atoms with Crippen molar-refractivity contribution in [3.63, 3.8) is 0 Å². The van der Waals surface area contributed by atoms with Crippen molar-refractivity contribution in [2.24, 2.45) is 29.1 Å². The van der Waals surface area contributed by atoms with E-state index >= 15 is 0 Å². The second-order valence-electron chi connectivity index (χ2n) is 6.67. The van der Waals surface area contributed by atoms with Crippen LogP contribution in [0.2, 0.25) is 0 Å². The molecule has 0 heterocycles. The van der Waals surface area contributed by atoms with Gasteiger partial charge in [0.2, 0.25) is 0 Å². The Hall–Kier alpha value is 0. The van der Waals surface area contributed by atoms with Crippen LogP contribution in [-0.2, 0) is 0 Å². The first-order valence-electron chi connectivity index (χ1n) is 6.51. The van der Waals surface area contributed by atoms with E-state index in [0.29, 0.717) is 5.41 Å². The SMILES string of the molecule is CC(C)CCC1CC[C@H]2C[C@@H]1C2(C)C. The molecule has 82 valence electrons. The Labute approximate surface area is 89.5 Å². The van der Waals surface area contributed by atoms with Crippen LogP contribution in [0.1, 0.15) is 59.8 Å². The molecule has 0 aromatic rings. The Morgan fingerprint density at radius 1 is 1.21 bits per heavy atom. The molecule has 3 fully saturated rings. The summed E-state index contributed by atoms with van der Waals surface area (Å²) in [5, 5.41) is 0. The third-order valence-corrected chi connectivity index (χ3v) is 5.12. The minimum atomic E-state index is 0.694. The summed E-state index contributed by atoms with van der Waals surface area (Å²) >= 11 is 0. The molecule has 0 N–H and O–H groups in total. The van der Waals surface area contributed by atoms with E-state index in [0.717, 1.165) is 23.7 Å². The Bertz CT molecular complexity index is 200. The van der Waals surface area contributed by atoms with E-state index < -0.39 is 0 Å². The molecular formula is C14H26. The summed E-state index contributed by atoms with van der Waals surface area (Å²) in [7, 11) is 0. The van der Waals surface area contributed by atoms with Crippen molar-refractivity contribution in [3.8, 4) is 0 Å². The molecule has 0 amide bonds. The Morgan fingerprint density at radius 2 is 1.93 bits per heavy atom. The average molecular weight is 194 g/mol. The molecule has 0 aromatic carbocycles. The zero-order valence-electron chi connectivity index (χ0n) is 10.3. The number of rotatable bonds is 3. The molecule has 0 radical (unpaired) electrons. The van der Waals surface area contributed by atoms with Gasteiger partial charge >= 0.3 is 0 Å². The van der Waals surface area contributed by atoms with E-state index in [1.165, 1.54) is 25.7 Å². The van der Waals surface area contributed by atoms with Gasteiger partial charge in [0.25, 0.3) is 0 Å². The van der Waals surface area contributed by atoms with Gasteiger partial charge < -0.3 is 0 Å². The molecule has 3 rings (SSSR count). The molecule has 0 saturated heterocycles. The van der Waals surface area contributed by atoms with Crippen LogP contribution in [0.4, 0.5) is 0 Å². The Balaban J connectivity index is 1.88.